The SMILES string of the molecule is COc1ccc(OCC(=O)NC[C@H](c2ccc(C(C)C)cc2)N2CCCCC2)cc1. The van der Waals surface area contributed by atoms with Gasteiger partial charge in [0.15, 0.2) is 6.61 Å². The van der Waals surface area contributed by atoms with E-state index in [1.165, 1.54) is 30.4 Å². The fraction of sp³-hybridized carbons (Fsp3) is 0.480. The minimum Gasteiger partial charge on any atom is -0.497 e. The van der Waals surface area contributed by atoms with Crippen LogP contribution in [0.4, 0.5) is 0 Å². The fourth-order valence-electron chi connectivity index (χ4n) is 3.87. The Balaban J connectivity index is 1.58. The molecule has 2 aromatic rings. The van der Waals surface area contributed by atoms with E-state index >= 15 is 0 Å². The Morgan fingerprint density at radius 1 is 0.933 bits per heavy atom. The number of rotatable bonds is 9. The standard InChI is InChI=1S/C25H34N2O3/c1-19(2)20-7-9-21(10-8-20)24(27-15-5-4-6-16-27)17-26-25(28)18-30-23-13-11-22(29-3)12-14-23/h7-14,19,24H,4-6,15-18H2,1-3H3,(H,26,28)/t24-/m1/s1. The summed E-state index contributed by atoms with van der Waals surface area (Å²) in [6.45, 7) is 7.17. The third kappa shape index (κ3) is 6.23. The third-order valence-electron chi connectivity index (χ3n) is 5.74. The van der Waals surface area contributed by atoms with Crippen molar-refractivity contribution in [3.05, 3.63) is 59.7 Å². The lowest BCUT2D eigenvalue weighted by Gasteiger charge is -2.35. The van der Waals surface area contributed by atoms with Crippen molar-refractivity contribution < 1.29 is 14.3 Å². The molecule has 1 saturated heterocycles. The zero-order valence-corrected chi connectivity index (χ0v) is 18.4. The Hall–Kier alpha value is -2.53. The molecule has 3 rings (SSSR count). The van der Waals surface area contributed by atoms with Crippen molar-refractivity contribution in [3.8, 4) is 11.5 Å². The van der Waals surface area contributed by atoms with Crippen LogP contribution in [-0.2, 0) is 4.79 Å². The molecule has 30 heavy (non-hydrogen) atoms. The smallest absolute Gasteiger partial charge is 0.258 e. The van der Waals surface area contributed by atoms with Gasteiger partial charge in [-0.1, -0.05) is 44.5 Å². The highest BCUT2D eigenvalue weighted by Gasteiger charge is 2.23. The third-order valence-corrected chi connectivity index (χ3v) is 5.74. The van der Waals surface area contributed by atoms with Gasteiger partial charge in [0.25, 0.3) is 5.91 Å². The molecule has 0 bridgehead atoms. The molecule has 2 aromatic carbocycles. The average Bonchev–Trinajstić information content (AvgIpc) is 2.79. The maximum absolute atomic E-state index is 12.4. The van der Waals surface area contributed by atoms with Gasteiger partial charge in [-0.05, 0) is 67.2 Å². The van der Waals surface area contributed by atoms with Crippen LogP contribution in [0, 0.1) is 0 Å². The lowest BCUT2D eigenvalue weighted by Crippen LogP contribution is -2.41. The van der Waals surface area contributed by atoms with Crippen molar-refractivity contribution in [1.82, 2.24) is 10.2 Å². The van der Waals surface area contributed by atoms with Crippen LogP contribution in [0.3, 0.4) is 0 Å². The highest BCUT2D eigenvalue weighted by molar-refractivity contribution is 5.77. The number of benzene rings is 2. The lowest BCUT2D eigenvalue weighted by molar-refractivity contribution is -0.123. The molecule has 0 aliphatic carbocycles. The van der Waals surface area contributed by atoms with E-state index in [0.717, 1.165) is 18.8 Å². The van der Waals surface area contributed by atoms with Crippen LogP contribution in [0.1, 0.15) is 56.2 Å². The van der Waals surface area contributed by atoms with Crippen molar-refractivity contribution in [1.29, 1.82) is 0 Å². The summed E-state index contributed by atoms with van der Waals surface area (Å²) in [5.74, 6) is 1.83. The van der Waals surface area contributed by atoms with E-state index in [2.05, 4.69) is 48.3 Å². The van der Waals surface area contributed by atoms with E-state index in [1.807, 2.05) is 12.1 Å². The molecule has 162 valence electrons. The maximum Gasteiger partial charge on any atom is 0.258 e. The summed E-state index contributed by atoms with van der Waals surface area (Å²) in [5, 5.41) is 3.08. The first kappa shape index (κ1) is 22.2. The van der Waals surface area contributed by atoms with Crippen molar-refractivity contribution in [2.24, 2.45) is 0 Å². The molecule has 1 heterocycles. The molecule has 1 aliphatic rings. The largest absolute Gasteiger partial charge is 0.497 e. The maximum atomic E-state index is 12.4. The van der Waals surface area contributed by atoms with E-state index in [1.54, 1.807) is 19.2 Å². The first-order chi connectivity index (χ1) is 14.6. The zero-order chi connectivity index (χ0) is 21.3. The second-order valence-electron chi connectivity index (χ2n) is 8.20. The molecule has 0 saturated carbocycles. The lowest BCUT2D eigenvalue weighted by atomic mass is 9.97. The molecule has 1 atom stereocenters. The van der Waals surface area contributed by atoms with Crippen LogP contribution < -0.4 is 14.8 Å². The van der Waals surface area contributed by atoms with Crippen LogP contribution in [-0.4, -0.2) is 44.2 Å². The van der Waals surface area contributed by atoms with Gasteiger partial charge in [-0.3, -0.25) is 9.69 Å². The second-order valence-corrected chi connectivity index (χ2v) is 8.20. The van der Waals surface area contributed by atoms with Crippen molar-refractivity contribution in [2.75, 3.05) is 33.4 Å². The average molecular weight is 411 g/mol. The zero-order valence-electron chi connectivity index (χ0n) is 18.4. The highest BCUT2D eigenvalue weighted by atomic mass is 16.5. The summed E-state index contributed by atoms with van der Waals surface area (Å²) in [6.07, 6.45) is 3.72. The number of hydrogen-bond acceptors (Lipinski definition) is 4. The topological polar surface area (TPSA) is 50.8 Å². The highest BCUT2D eigenvalue weighted by Crippen LogP contribution is 2.26. The van der Waals surface area contributed by atoms with Gasteiger partial charge in [-0.15, -0.1) is 0 Å². The van der Waals surface area contributed by atoms with Crippen molar-refractivity contribution in [3.63, 3.8) is 0 Å². The summed E-state index contributed by atoms with van der Waals surface area (Å²) >= 11 is 0. The van der Waals surface area contributed by atoms with Gasteiger partial charge in [0.2, 0.25) is 0 Å². The monoisotopic (exact) mass is 410 g/mol. The number of methoxy groups -OCH3 is 1. The van der Waals surface area contributed by atoms with Crippen LogP contribution in [0.15, 0.2) is 48.5 Å². The number of piperidine rings is 1. The quantitative estimate of drug-likeness (QED) is 0.659. The Bertz CT molecular complexity index is 781. The summed E-state index contributed by atoms with van der Waals surface area (Å²) < 4.78 is 10.8. The predicted octanol–water partition coefficient (Wildman–Crippen LogP) is 4.54. The van der Waals surface area contributed by atoms with Crippen molar-refractivity contribution >= 4 is 5.91 Å². The van der Waals surface area contributed by atoms with Gasteiger partial charge in [0.1, 0.15) is 11.5 Å². The number of amides is 1. The molecule has 0 aromatic heterocycles. The molecule has 1 fully saturated rings. The molecule has 0 spiro atoms. The van der Waals surface area contributed by atoms with Crippen LogP contribution in [0.2, 0.25) is 0 Å². The molecule has 1 N–H and O–H groups in total. The van der Waals surface area contributed by atoms with Crippen molar-refractivity contribution in [2.45, 2.75) is 45.1 Å². The van der Waals surface area contributed by atoms with Gasteiger partial charge in [-0.25, -0.2) is 0 Å². The Kier molecular flexibility index (Phi) is 8.14. The first-order valence-corrected chi connectivity index (χ1v) is 10.9. The Morgan fingerprint density at radius 3 is 2.13 bits per heavy atom. The molecule has 1 aliphatic heterocycles. The molecule has 5 heteroatoms. The molecular weight excluding hydrogens is 376 g/mol. The van der Waals surface area contributed by atoms with E-state index < -0.39 is 0 Å². The summed E-state index contributed by atoms with van der Waals surface area (Å²) in [6, 6.07) is 16.3. The van der Waals surface area contributed by atoms with E-state index in [4.69, 9.17) is 9.47 Å². The number of ether oxygens (including phenoxy) is 2. The van der Waals surface area contributed by atoms with E-state index in [9.17, 15) is 4.79 Å². The number of carbonyl (C=O) groups excluding carboxylic acids is 1. The van der Waals surface area contributed by atoms with Crippen LogP contribution >= 0.6 is 0 Å². The van der Waals surface area contributed by atoms with Gasteiger partial charge < -0.3 is 14.8 Å². The molecule has 0 radical (unpaired) electrons. The summed E-state index contributed by atoms with van der Waals surface area (Å²) in [4.78, 5) is 14.9. The van der Waals surface area contributed by atoms with Crippen LogP contribution in [0.5, 0.6) is 11.5 Å². The molecule has 0 unspecified atom stereocenters. The van der Waals surface area contributed by atoms with E-state index in [0.29, 0.717) is 18.2 Å². The molecule has 1 amide bonds. The van der Waals surface area contributed by atoms with Gasteiger partial charge in [-0.2, -0.15) is 0 Å². The number of likely N-dealkylation sites (tertiary alicyclic amines) is 1. The number of nitrogens with one attached hydrogen (secondary N) is 1. The summed E-state index contributed by atoms with van der Waals surface area (Å²) in [5.41, 5.74) is 2.60. The minimum absolute atomic E-state index is 0.00529. The Morgan fingerprint density at radius 2 is 1.53 bits per heavy atom. The van der Waals surface area contributed by atoms with Gasteiger partial charge >= 0.3 is 0 Å². The second kappa shape index (κ2) is 11.0. The van der Waals surface area contributed by atoms with E-state index in [-0.39, 0.29) is 18.6 Å². The first-order valence-electron chi connectivity index (χ1n) is 10.9. The molecular formula is C25H34N2O3. The normalized spacial score (nSPS) is 15.6. The predicted molar refractivity (Wildman–Crippen MR) is 120 cm³/mol. The number of nitrogens with zero attached hydrogens (tertiary/aromatic N) is 1. The molecule has 5 nitrogen and oxygen atoms in total. The Labute approximate surface area is 180 Å². The van der Waals surface area contributed by atoms with Gasteiger partial charge in [0, 0.05) is 6.54 Å². The minimum atomic E-state index is -0.105. The van der Waals surface area contributed by atoms with Crippen LogP contribution in [0.25, 0.3) is 0 Å². The fourth-order valence-corrected chi connectivity index (χ4v) is 3.87. The number of hydrogen-bond donors (Lipinski definition) is 1. The summed E-state index contributed by atoms with van der Waals surface area (Å²) in [7, 11) is 1.62. The van der Waals surface area contributed by atoms with Gasteiger partial charge in [0.05, 0.1) is 13.2 Å². The number of carbonyl (C=O) groups is 1.